The zero-order valence-corrected chi connectivity index (χ0v) is 13.6. The van der Waals surface area contributed by atoms with Crippen molar-refractivity contribution in [1.29, 1.82) is 0 Å². The molecule has 8 heteroatoms. The Balaban J connectivity index is 2.03. The molecule has 128 valence electrons. The molecular formula is C16H15F2NO4S. The van der Waals surface area contributed by atoms with Crippen LogP contribution in [0.3, 0.4) is 0 Å². The molecule has 0 atom stereocenters. The number of ether oxygens (including phenoxy) is 1. The standard InChI is InChI=1S/C16H15F2NO4S/c1-24(21,22)14-6-5-13(12-7-8-19(20)15(12)14)23-11-4-2-3-10(9-11)16(17)18/h2-6,9,16,20H,7-8H2,1H3. The van der Waals surface area contributed by atoms with Gasteiger partial charge in [-0.05, 0) is 30.7 Å². The Hall–Kier alpha value is -2.19. The van der Waals surface area contributed by atoms with Gasteiger partial charge in [-0.3, -0.25) is 10.3 Å². The van der Waals surface area contributed by atoms with Crippen LogP contribution in [-0.2, 0) is 16.3 Å². The van der Waals surface area contributed by atoms with Crippen LogP contribution in [0.1, 0.15) is 17.6 Å². The molecule has 0 fully saturated rings. The Morgan fingerprint density at radius 2 is 2.00 bits per heavy atom. The van der Waals surface area contributed by atoms with E-state index in [9.17, 15) is 22.4 Å². The van der Waals surface area contributed by atoms with Crippen molar-refractivity contribution >= 4 is 15.5 Å². The minimum atomic E-state index is -3.52. The first-order valence-corrected chi connectivity index (χ1v) is 9.05. The largest absolute Gasteiger partial charge is 0.457 e. The smallest absolute Gasteiger partial charge is 0.263 e. The maximum atomic E-state index is 12.8. The molecule has 0 unspecified atom stereocenters. The summed E-state index contributed by atoms with van der Waals surface area (Å²) < 4.78 is 55.0. The molecule has 0 saturated carbocycles. The number of fused-ring (bicyclic) bond motifs is 1. The van der Waals surface area contributed by atoms with Gasteiger partial charge in [0, 0.05) is 23.9 Å². The maximum Gasteiger partial charge on any atom is 0.263 e. The van der Waals surface area contributed by atoms with Crippen LogP contribution in [-0.4, -0.2) is 26.4 Å². The molecule has 5 nitrogen and oxygen atoms in total. The molecule has 1 aliphatic rings. The molecule has 1 heterocycles. The van der Waals surface area contributed by atoms with Crippen molar-refractivity contribution in [2.75, 3.05) is 17.9 Å². The second-order valence-corrected chi connectivity index (χ2v) is 7.49. The van der Waals surface area contributed by atoms with Gasteiger partial charge >= 0.3 is 0 Å². The zero-order chi connectivity index (χ0) is 17.5. The lowest BCUT2D eigenvalue weighted by atomic mass is 10.1. The van der Waals surface area contributed by atoms with Gasteiger partial charge in [0.2, 0.25) is 0 Å². The Bertz CT molecular complexity index is 884. The highest BCUT2D eigenvalue weighted by Gasteiger charge is 2.29. The quantitative estimate of drug-likeness (QED) is 0.908. The van der Waals surface area contributed by atoms with Crippen LogP contribution >= 0.6 is 0 Å². The molecule has 2 aromatic rings. The van der Waals surface area contributed by atoms with Crippen molar-refractivity contribution in [3.8, 4) is 11.5 Å². The second kappa shape index (κ2) is 6.03. The molecular weight excluding hydrogens is 340 g/mol. The highest BCUT2D eigenvalue weighted by Crippen LogP contribution is 2.41. The molecule has 3 rings (SSSR count). The van der Waals surface area contributed by atoms with Crippen LogP contribution in [0.2, 0.25) is 0 Å². The van der Waals surface area contributed by atoms with Crippen molar-refractivity contribution < 1.29 is 27.1 Å². The van der Waals surface area contributed by atoms with Crippen LogP contribution < -0.4 is 9.80 Å². The zero-order valence-electron chi connectivity index (χ0n) is 12.7. The number of halogens is 2. The van der Waals surface area contributed by atoms with Gasteiger partial charge in [-0.1, -0.05) is 12.1 Å². The summed E-state index contributed by atoms with van der Waals surface area (Å²) in [5, 5.41) is 10.8. The minimum Gasteiger partial charge on any atom is -0.457 e. The van der Waals surface area contributed by atoms with Gasteiger partial charge < -0.3 is 4.74 Å². The average molecular weight is 355 g/mol. The first kappa shape index (κ1) is 16.7. The van der Waals surface area contributed by atoms with Crippen molar-refractivity contribution in [2.24, 2.45) is 0 Å². The van der Waals surface area contributed by atoms with Gasteiger partial charge in [0.05, 0.1) is 10.6 Å². The highest BCUT2D eigenvalue weighted by atomic mass is 32.2. The summed E-state index contributed by atoms with van der Waals surface area (Å²) in [4.78, 5) is 0.00572. The lowest BCUT2D eigenvalue weighted by molar-refractivity contribution is 0.151. The third-order valence-corrected chi connectivity index (χ3v) is 4.90. The molecule has 0 saturated heterocycles. The van der Waals surface area contributed by atoms with Crippen LogP contribution in [0.15, 0.2) is 41.3 Å². The summed E-state index contributed by atoms with van der Waals surface area (Å²) in [6, 6.07) is 8.34. The van der Waals surface area contributed by atoms with Gasteiger partial charge in [0.15, 0.2) is 9.84 Å². The number of hydrogen-bond donors (Lipinski definition) is 1. The molecule has 0 aliphatic carbocycles. The van der Waals surface area contributed by atoms with Gasteiger partial charge in [-0.25, -0.2) is 17.2 Å². The summed E-state index contributed by atoms with van der Waals surface area (Å²) in [7, 11) is -3.52. The fraction of sp³-hybridized carbons (Fsp3) is 0.250. The third kappa shape index (κ3) is 3.07. The lowest BCUT2D eigenvalue weighted by Crippen LogP contribution is -2.16. The van der Waals surface area contributed by atoms with Crippen molar-refractivity contribution in [1.82, 2.24) is 0 Å². The van der Waals surface area contributed by atoms with Crippen LogP contribution in [0, 0.1) is 0 Å². The second-order valence-electron chi connectivity index (χ2n) is 5.51. The first-order chi connectivity index (χ1) is 11.3. The van der Waals surface area contributed by atoms with E-state index in [1.807, 2.05) is 0 Å². The van der Waals surface area contributed by atoms with E-state index in [1.165, 1.54) is 36.4 Å². The van der Waals surface area contributed by atoms with E-state index in [4.69, 9.17) is 4.74 Å². The molecule has 0 aromatic heterocycles. The minimum absolute atomic E-state index is 0.00572. The van der Waals surface area contributed by atoms with E-state index >= 15 is 0 Å². The Morgan fingerprint density at radius 3 is 2.67 bits per heavy atom. The van der Waals surface area contributed by atoms with E-state index in [0.717, 1.165) is 11.3 Å². The van der Waals surface area contributed by atoms with E-state index < -0.39 is 16.3 Å². The summed E-state index contributed by atoms with van der Waals surface area (Å²) in [6.45, 7) is 0.231. The van der Waals surface area contributed by atoms with Gasteiger partial charge in [0.25, 0.3) is 6.43 Å². The Morgan fingerprint density at radius 1 is 1.25 bits per heavy atom. The number of benzene rings is 2. The van der Waals surface area contributed by atoms with Gasteiger partial charge in [0.1, 0.15) is 11.5 Å². The summed E-state index contributed by atoms with van der Waals surface area (Å²) >= 11 is 0. The van der Waals surface area contributed by atoms with Crippen molar-refractivity contribution in [3.05, 3.63) is 47.5 Å². The molecule has 0 radical (unpaired) electrons. The highest BCUT2D eigenvalue weighted by molar-refractivity contribution is 7.90. The fourth-order valence-electron chi connectivity index (χ4n) is 2.69. The maximum absolute atomic E-state index is 12.8. The summed E-state index contributed by atoms with van der Waals surface area (Å²) in [5.74, 6) is 0.555. The number of rotatable bonds is 4. The number of hydroxylamine groups is 1. The van der Waals surface area contributed by atoms with Gasteiger partial charge in [-0.15, -0.1) is 0 Å². The normalized spacial score (nSPS) is 14.1. The Kier molecular flexibility index (Phi) is 4.18. The first-order valence-electron chi connectivity index (χ1n) is 7.15. The van der Waals surface area contributed by atoms with E-state index in [2.05, 4.69) is 0 Å². The number of alkyl halides is 2. The monoisotopic (exact) mass is 355 g/mol. The van der Waals surface area contributed by atoms with E-state index in [1.54, 1.807) is 0 Å². The molecule has 24 heavy (non-hydrogen) atoms. The van der Waals surface area contributed by atoms with Crippen LogP contribution in [0.5, 0.6) is 11.5 Å². The number of anilines is 1. The van der Waals surface area contributed by atoms with Crippen molar-refractivity contribution in [3.63, 3.8) is 0 Å². The third-order valence-electron chi connectivity index (χ3n) is 3.77. The van der Waals surface area contributed by atoms with E-state index in [-0.39, 0.29) is 28.4 Å². The Labute approximate surface area is 138 Å². The predicted molar refractivity (Wildman–Crippen MR) is 83.9 cm³/mol. The van der Waals surface area contributed by atoms with Crippen LogP contribution in [0.4, 0.5) is 14.5 Å². The molecule has 1 aliphatic heterocycles. The summed E-state index contributed by atoms with van der Waals surface area (Å²) in [5.41, 5.74) is 0.545. The molecule has 0 spiro atoms. The number of hydrogen-bond acceptors (Lipinski definition) is 5. The predicted octanol–water partition coefficient (Wildman–Crippen LogP) is 3.57. The number of nitrogens with zero attached hydrogens (tertiary/aromatic N) is 1. The SMILES string of the molecule is CS(=O)(=O)c1ccc(Oc2cccc(C(F)F)c2)c2c1N(O)CC2. The number of sulfone groups is 1. The summed E-state index contributed by atoms with van der Waals surface area (Å²) in [6.07, 6.45) is -1.17. The fourth-order valence-corrected chi connectivity index (χ4v) is 3.58. The van der Waals surface area contributed by atoms with Crippen LogP contribution in [0.25, 0.3) is 0 Å². The lowest BCUT2D eigenvalue weighted by Gasteiger charge is -2.16. The van der Waals surface area contributed by atoms with Gasteiger partial charge in [-0.2, -0.15) is 0 Å². The topological polar surface area (TPSA) is 66.8 Å². The average Bonchev–Trinajstić information content (AvgIpc) is 2.89. The molecule has 0 amide bonds. The molecule has 1 N–H and O–H groups in total. The molecule has 0 bridgehead atoms. The van der Waals surface area contributed by atoms with E-state index in [0.29, 0.717) is 17.7 Å². The molecule has 2 aromatic carbocycles. The van der Waals surface area contributed by atoms with Crippen molar-refractivity contribution in [2.45, 2.75) is 17.7 Å².